The molecule has 2 aromatic carbocycles. The van der Waals surface area contributed by atoms with Crippen LogP contribution in [0.3, 0.4) is 0 Å². The van der Waals surface area contributed by atoms with E-state index in [1.807, 2.05) is 0 Å². The molecule has 32 heavy (non-hydrogen) atoms. The summed E-state index contributed by atoms with van der Waals surface area (Å²) in [5, 5.41) is 11.6. The highest BCUT2D eigenvalue weighted by Crippen LogP contribution is 2.35. The molecule has 0 radical (unpaired) electrons. The van der Waals surface area contributed by atoms with Crippen LogP contribution in [0.25, 0.3) is 0 Å². The number of nitrogens with zero attached hydrogens (tertiary/aromatic N) is 2. The summed E-state index contributed by atoms with van der Waals surface area (Å²) in [7, 11) is -1.57. The zero-order valence-corrected chi connectivity index (χ0v) is 18.1. The molecular weight excluding hydrogens is 444 g/mol. The van der Waals surface area contributed by atoms with E-state index in [2.05, 4.69) is 9.47 Å². The maximum absolute atomic E-state index is 12.7. The Morgan fingerprint density at radius 1 is 0.969 bits per heavy atom. The molecule has 0 saturated carbocycles. The van der Waals surface area contributed by atoms with Crippen LogP contribution in [0.5, 0.6) is 11.5 Å². The van der Waals surface area contributed by atoms with E-state index >= 15 is 0 Å². The zero-order chi connectivity index (χ0) is 23.5. The topological polar surface area (TPSA) is 142 Å². The maximum atomic E-state index is 12.7. The minimum absolute atomic E-state index is 0.0405. The van der Waals surface area contributed by atoms with Gasteiger partial charge in [-0.2, -0.15) is 4.31 Å². The van der Waals surface area contributed by atoms with Crippen molar-refractivity contribution in [1.82, 2.24) is 4.31 Å². The lowest BCUT2D eigenvalue weighted by Crippen LogP contribution is -2.27. The number of hydrogen-bond donors (Lipinski definition) is 0. The fourth-order valence-electron chi connectivity index (χ4n) is 3.22. The summed E-state index contributed by atoms with van der Waals surface area (Å²) in [6.45, 7) is 0.704. The van der Waals surface area contributed by atoms with Crippen LogP contribution in [0.4, 0.5) is 5.69 Å². The van der Waals surface area contributed by atoms with E-state index in [9.17, 15) is 28.1 Å². The molecule has 1 aliphatic rings. The SMILES string of the molecule is COC(=O)c1cc(Oc2ccc(S(=O)(=O)N3CCCC3)cc2[N+](=O)[O-])cc(C(=O)OC)c1. The van der Waals surface area contributed by atoms with Gasteiger partial charge in [-0.15, -0.1) is 0 Å². The third-order valence-electron chi connectivity index (χ3n) is 4.81. The Morgan fingerprint density at radius 3 is 2.03 bits per heavy atom. The Labute approximate surface area is 183 Å². The number of carbonyl (C=O) groups excluding carboxylic acids is 2. The van der Waals surface area contributed by atoms with Crippen molar-refractivity contribution < 1.29 is 37.1 Å². The van der Waals surface area contributed by atoms with Gasteiger partial charge in [-0.3, -0.25) is 10.1 Å². The number of nitro groups is 1. The van der Waals surface area contributed by atoms with Crippen molar-refractivity contribution in [2.45, 2.75) is 17.7 Å². The minimum atomic E-state index is -3.88. The number of benzene rings is 2. The molecule has 0 spiro atoms. The lowest BCUT2D eigenvalue weighted by molar-refractivity contribution is -0.385. The number of sulfonamides is 1. The van der Waals surface area contributed by atoms with Crippen LogP contribution in [0, 0.1) is 10.1 Å². The van der Waals surface area contributed by atoms with Gasteiger partial charge in [0.05, 0.1) is 35.2 Å². The Balaban J connectivity index is 2.02. The molecule has 0 unspecified atom stereocenters. The van der Waals surface area contributed by atoms with E-state index in [1.165, 1.54) is 28.6 Å². The lowest BCUT2D eigenvalue weighted by atomic mass is 10.1. The Hall–Kier alpha value is -3.51. The normalized spacial score (nSPS) is 14.1. The van der Waals surface area contributed by atoms with Crippen LogP contribution in [-0.4, -0.2) is 56.9 Å². The summed E-state index contributed by atoms with van der Waals surface area (Å²) in [4.78, 5) is 34.5. The van der Waals surface area contributed by atoms with Gasteiger partial charge in [0.2, 0.25) is 15.8 Å². The molecule has 3 rings (SSSR count). The van der Waals surface area contributed by atoms with Crippen molar-refractivity contribution >= 4 is 27.6 Å². The molecule has 1 aliphatic heterocycles. The van der Waals surface area contributed by atoms with Gasteiger partial charge in [0.15, 0.2) is 0 Å². The molecule has 0 N–H and O–H groups in total. The first kappa shape index (κ1) is 23.2. The van der Waals surface area contributed by atoms with Crippen molar-refractivity contribution in [2.75, 3.05) is 27.3 Å². The van der Waals surface area contributed by atoms with E-state index in [-0.39, 0.29) is 27.5 Å². The Kier molecular flexibility index (Phi) is 6.75. The van der Waals surface area contributed by atoms with Gasteiger partial charge in [-0.25, -0.2) is 18.0 Å². The number of hydrogen-bond acceptors (Lipinski definition) is 9. The van der Waals surface area contributed by atoms with Crippen LogP contribution in [0.15, 0.2) is 41.3 Å². The first-order valence-corrected chi connectivity index (χ1v) is 10.9. The summed E-state index contributed by atoms with van der Waals surface area (Å²) in [5.41, 5.74) is -0.670. The number of ether oxygens (including phenoxy) is 3. The highest BCUT2D eigenvalue weighted by atomic mass is 32.2. The highest BCUT2D eigenvalue weighted by Gasteiger charge is 2.30. The quantitative estimate of drug-likeness (QED) is 0.343. The molecule has 170 valence electrons. The number of rotatable bonds is 7. The van der Waals surface area contributed by atoms with Crippen molar-refractivity contribution in [3.63, 3.8) is 0 Å². The second-order valence-electron chi connectivity index (χ2n) is 6.83. The molecule has 0 aromatic heterocycles. The smallest absolute Gasteiger partial charge is 0.338 e. The van der Waals surface area contributed by atoms with E-state index in [0.29, 0.717) is 13.1 Å². The van der Waals surface area contributed by atoms with Gasteiger partial charge in [0.1, 0.15) is 5.75 Å². The molecule has 12 heteroatoms. The summed E-state index contributed by atoms with van der Waals surface area (Å²) in [6, 6.07) is 6.98. The average molecular weight is 464 g/mol. The van der Waals surface area contributed by atoms with Gasteiger partial charge in [-0.05, 0) is 43.2 Å². The molecule has 11 nitrogen and oxygen atoms in total. The van der Waals surface area contributed by atoms with Gasteiger partial charge in [0.25, 0.3) is 0 Å². The minimum Gasteiger partial charge on any atom is -0.465 e. The first-order chi connectivity index (χ1) is 15.2. The summed E-state index contributed by atoms with van der Waals surface area (Å²) in [6.07, 6.45) is 1.45. The van der Waals surface area contributed by atoms with Crippen LogP contribution >= 0.6 is 0 Å². The van der Waals surface area contributed by atoms with Gasteiger partial charge < -0.3 is 14.2 Å². The molecule has 1 heterocycles. The molecule has 0 amide bonds. The predicted molar refractivity (Wildman–Crippen MR) is 110 cm³/mol. The number of methoxy groups -OCH3 is 2. The second kappa shape index (κ2) is 9.32. The largest absolute Gasteiger partial charge is 0.465 e. The van der Waals surface area contributed by atoms with Crippen LogP contribution < -0.4 is 4.74 Å². The molecule has 1 saturated heterocycles. The fourth-order valence-corrected chi connectivity index (χ4v) is 4.76. The van der Waals surface area contributed by atoms with Crippen molar-refractivity contribution in [1.29, 1.82) is 0 Å². The van der Waals surface area contributed by atoms with Crippen LogP contribution in [-0.2, 0) is 19.5 Å². The number of esters is 2. The Bertz CT molecular complexity index is 1140. The monoisotopic (exact) mass is 464 g/mol. The fraction of sp³-hybridized carbons (Fsp3) is 0.300. The van der Waals surface area contributed by atoms with E-state index in [1.54, 1.807) is 0 Å². The molecule has 0 bridgehead atoms. The third kappa shape index (κ3) is 4.70. The third-order valence-corrected chi connectivity index (χ3v) is 6.70. The maximum Gasteiger partial charge on any atom is 0.338 e. The van der Waals surface area contributed by atoms with Gasteiger partial charge in [-0.1, -0.05) is 0 Å². The van der Waals surface area contributed by atoms with Crippen molar-refractivity contribution in [3.05, 3.63) is 57.6 Å². The van der Waals surface area contributed by atoms with Gasteiger partial charge in [0, 0.05) is 19.2 Å². The standard InChI is InChI=1S/C20H20N2O9S/c1-29-19(23)13-9-14(20(24)30-2)11-15(10-13)31-18-6-5-16(12-17(18)22(25)26)32(27,28)21-7-3-4-8-21/h5-6,9-12H,3-4,7-8H2,1-2H3. The van der Waals surface area contributed by atoms with E-state index < -0.39 is 32.6 Å². The molecular formula is C20H20N2O9S. The van der Waals surface area contributed by atoms with E-state index in [4.69, 9.17) is 4.74 Å². The second-order valence-corrected chi connectivity index (χ2v) is 8.77. The average Bonchev–Trinajstić information content (AvgIpc) is 3.33. The highest BCUT2D eigenvalue weighted by molar-refractivity contribution is 7.89. The predicted octanol–water partition coefficient (Wildman–Crippen LogP) is 2.74. The zero-order valence-electron chi connectivity index (χ0n) is 17.3. The Morgan fingerprint density at radius 2 is 1.53 bits per heavy atom. The van der Waals surface area contributed by atoms with Crippen LogP contribution in [0.1, 0.15) is 33.6 Å². The molecule has 0 atom stereocenters. The first-order valence-electron chi connectivity index (χ1n) is 9.45. The summed E-state index contributed by atoms with van der Waals surface area (Å²) < 4.78 is 41.6. The number of carbonyl (C=O) groups is 2. The molecule has 1 fully saturated rings. The van der Waals surface area contributed by atoms with Crippen molar-refractivity contribution in [2.24, 2.45) is 0 Å². The summed E-state index contributed by atoms with van der Waals surface area (Å²) in [5.74, 6) is -1.87. The molecule has 2 aromatic rings. The van der Waals surface area contributed by atoms with Crippen molar-refractivity contribution in [3.8, 4) is 11.5 Å². The lowest BCUT2D eigenvalue weighted by Gasteiger charge is -2.16. The summed E-state index contributed by atoms with van der Waals surface area (Å²) >= 11 is 0. The number of nitro benzene ring substituents is 1. The van der Waals surface area contributed by atoms with Gasteiger partial charge >= 0.3 is 17.6 Å². The van der Waals surface area contributed by atoms with E-state index in [0.717, 1.165) is 39.2 Å². The van der Waals surface area contributed by atoms with Crippen LogP contribution in [0.2, 0.25) is 0 Å². The molecule has 0 aliphatic carbocycles.